The van der Waals surface area contributed by atoms with Crippen LogP contribution >= 0.6 is 7.60 Å². The highest BCUT2D eigenvalue weighted by atomic mass is 31.2. The first-order valence-electron chi connectivity index (χ1n) is 10.5. The van der Waals surface area contributed by atoms with Crippen LogP contribution in [-0.4, -0.2) is 64.5 Å². The van der Waals surface area contributed by atoms with Gasteiger partial charge >= 0.3 is 19.5 Å². The van der Waals surface area contributed by atoms with E-state index >= 15 is 0 Å². The number of nitrogens with zero attached hydrogens (tertiary/aromatic N) is 1. The molecule has 1 aromatic rings. The van der Waals surface area contributed by atoms with E-state index in [2.05, 4.69) is 0 Å². The van der Waals surface area contributed by atoms with Crippen molar-refractivity contribution in [3.05, 3.63) is 40.7 Å². The second kappa shape index (κ2) is 13.4. The summed E-state index contributed by atoms with van der Waals surface area (Å²) in [4.78, 5) is 28.0. The highest BCUT2D eigenvalue weighted by molar-refractivity contribution is 7.60. The summed E-state index contributed by atoms with van der Waals surface area (Å²) in [5, 5.41) is -0.469. The highest BCUT2D eigenvalue weighted by Crippen LogP contribution is 2.59. The third-order valence-electron chi connectivity index (χ3n) is 4.79. The van der Waals surface area contributed by atoms with Crippen LogP contribution < -0.4 is 4.74 Å². The van der Waals surface area contributed by atoms with Crippen molar-refractivity contribution in [2.24, 2.45) is 0 Å². The molecule has 1 rings (SSSR count). The van der Waals surface area contributed by atoms with Gasteiger partial charge in [0.15, 0.2) is 5.31 Å². The Kier molecular flexibility index (Phi) is 11.6. The Morgan fingerprint density at radius 3 is 1.75 bits per heavy atom. The lowest BCUT2D eigenvalue weighted by atomic mass is 9.96. The highest BCUT2D eigenvalue weighted by Gasteiger charge is 2.44. The Hall–Kier alpha value is -2.19. The van der Waals surface area contributed by atoms with E-state index in [-0.39, 0.29) is 18.8 Å². The topological polar surface area (TPSA) is 101 Å². The maximum Gasteiger partial charge on any atom is 0.369 e. The van der Waals surface area contributed by atoms with Crippen molar-refractivity contribution < 1.29 is 37.4 Å². The number of esters is 2. The molecule has 1 unspecified atom stereocenters. The molecule has 0 aliphatic rings. The van der Waals surface area contributed by atoms with Crippen LogP contribution in [0.3, 0.4) is 0 Å². The predicted molar refractivity (Wildman–Crippen MR) is 121 cm³/mol. The van der Waals surface area contributed by atoms with Crippen molar-refractivity contribution in [1.29, 1.82) is 0 Å². The van der Waals surface area contributed by atoms with Gasteiger partial charge in [-0.25, -0.2) is 9.59 Å². The predicted octanol–water partition coefficient (Wildman–Crippen LogP) is 3.94. The molecule has 0 fully saturated rings. The number of likely N-dealkylation sites (N-methyl/N-ethyl adjacent to an activating group) is 1. The van der Waals surface area contributed by atoms with Gasteiger partial charge in [-0.2, -0.15) is 0 Å². The Labute approximate surface area is 190 Å². The third-order valence-corrected chi connectivity index (χ3v) is 6.96. The third kappa shape index (κ3) is 6.42. The quantitative estimate of drug-likeness (QED) is 0.240. The average molecular weight is 471 g/mol. The van der Waals surface area contributed by atoms with E-state index in [1.807, 2.05) is 18.7 Å². The number of hydrogen-bond donors (Lipinski definition) is 0. The zero-order valence-electron chi connectivity index (χ0n) is 19.9. The molecule has 0 spiro atoms. The second-order valence-corrected chi connectivity index (χ2v) is 8.43. The molecule has 0 N–H and O–H groups in total. The van der Waals surface area contributed by atoms with Crippen LogP contribution in [0, 0.1) is 0 Å². The molecule has 0 amide bonds. The minimum atomic E-state index is -4.22. The van der Waals surface area contributed by atoms with Crippen molar-refractivity contribution in [1.82, 2.24) is 4.90 Å². The largest absolute Gasteiger partial charge is 0.497 e. The van der Waals surface area contributed by atoms with Gasteiger partial charge in [0.05, 0.1) is 46.2 Å². The Balaban J connectivity index is 4.07. The van der Waals surface area contributed by atoms with Crippen LogP contribution in [0.5, 0.6) is 5.75 Å². The molecule has 10 heteroatoms. The van der Waals surface area contributed by atoms with Crippen molar-refractivity contribution >= 4 is 19.5 Å². The van der Waals surface area contributed by atoms with E-state index in [1.54, 1.807) is 45.2 Å². The fraction of sp³-hybridized carbons (Fsp3) is 0.545. The van der Waals surface area contributed by atoms with Crippen LogP contribution in [0.15, 0.2) is 35.2 Å². The fourth-order valence-electron chi connectivity index (χ4n) is 3.36. The molecule has 0 saturated carbocycles. The molecular formula is C22H34NO8P. The smallest absolute Gasteiger partial charge is 0.369 e. The number of carbonyl (C=O) groups excluding carboxylic acids is 2. The van der Waals surface area contributed by atoms with Gasteiger partial charge in [0.2, 0.25) is 0 Å². The van der Waals surface area contributed by atoms with Crippen LogP contribution in [0.1, 0.15) is 39.3 Å². The maximum atomic E-state index is 13.8. The Morgan fingerprint density at radius 1 is 0.875 bits per heavy atom. The molecule has 1 aromatic carbocycles. The van der Waals surface area contributed by atoms with Crippen molar-refractivity contribution in [3.63, 3.8) is 0 Å². The lowest BCUT2D eigenvalue weighted by Crippen LogP contribution is -2.34. The zero-order chi connectivity index (χ0) is 24.3. The first-order valence-corrected chi connectivity index (χ1v) is 12.0. The number of methoxy groups -OCH3 is 3. The summed E-state index contributed by atoms with van der Waals surface area (Å²) in [7, 11) is -0.345. The normalized spacial score (nSPS) is 13.4. The zero-order valence-corrected chi connectivity index (χ0v) is 20.8. The van der Waals surface area contributed by atoms with Gasteiger partial charge in [-0.05, 0) is 44.6 Å². The molecule has 0 bridgehead atoms. The van der Waals surface area contributed by atoms with E-state index in [1.165, 1.54) is 7.11 Å². The average Bonchev–Trinajstić information content (AvgIpc) is 2.80. The van der Waals surface area contributed by atoms with E-state index in [0.29, 0.717) is 24.4 Å². The van der Waals surface area contributed by atoms with Crippen LogP contribution in [0.2, 0.25) is 0 Å². The molecule has 0 radical (unpaired) electrons. The lowest BCUT2D eigenvalue weighted by Gasteiger charge is -2.33. The van der Waals surface area contributed by atoms with Crippen molar-refractivity contribution in [3.8, 4) is 5.75 Å². The molecule has 0 aromatic heterocycles. The summed E-state index contributed by atoms with van der Waals surface area (Å²) < 4.78 is 39.8. The van der Waals surface area contributed by atoms with Crippen LogP contribution in [0.4, 0.5) is 0 Å². The summed E-state index contributed by atoms with van der Waals surface area (Å²) in [6.07, 6.45) is 0. The molecular weight excluding hydrogens is 437 g/mol. The molecule has 0 heterocycles. The number of benzene rings is 1. The molecule has 32 heavy (non-hydrogen) atoms. The minimum absolute atomic E-state index is 0.00923. The van der Waals surface area contributed by atoms with E-state index < -0.39 is 30.9 Å². The summed E-state index contributed by atoms with van der Waals surface area (Å²) >= 11 is 0. The van der Waals surface area contributed by atoms with Gasteiger partial charge in [-0.1, -0.05) is 26.0 Å². The lowest BCUT2D eigenvalue weighted by molar-refractivity contribution is -0.139. The number of hydrogen-bond acceptors (Lipinski definition) is 9. The SMILES string of the molecule is CCOP(=O)(OCC)/C(C(=O)OC)=C(/C(=O)OC)C(c1ccc(OC)cc1)N(CC)CC. The monoisotopic (exact) mass is 471 g/mol. The summed E-state index contributed by atoms with van der Waals surface area (Å²) in [5.41, 5.74) is 0.509. The van der Waals surface area contributed by atoms with E-state index in [9.17, 15) is 14.2 Å². The van der Waals surface area contributed by atoms with Gasteiger partial charge in [-0.15, -0.1) is 0 Å². The number of rotatable bonds is 13. The summed E-state index contributed by atoms with van der Waals surface area (Å²) in [5.74, 6) is -1.20. The molecule has 0 saturated heterocycles. The molecule has 0 aliphatic heterocycles. The molecule has 1 atom stereocenters. The number of carbonyl (C=O) groups is 2. The Bertz CT molecular complexity index is 823. The Morgan fingerprint density at radius 2 is 1.38 bits per heavy atom. The summed E-state index contributed by atoms with van der Waals surface area (Å²) in [6, 6.07) is 6.23. The van der Waals surface area contributed by atoms with Gasteiger partial charge in [-0.3, -0.25) is 9.46 Å². The van der Waals surface area contributed by atoms with Crippen molar-refractivity contribution in [2.45, 2.75) is 33.7 Å². The van der Waals surface area contributed by atoms with Crippen LogP contribution in [0.25, 0.3) is 0 Å². The van der Waals surface area contributed by atoms with Gasteiger partial charge in [0, 0.05) is 0 Å². The van der Waals surface area contributed by atoms with E-state index in [4.69, 9.17) is 23.3 Å². The van der Waals surface area contributed by atoms with E-state index in [0.717, 1.165) is 7.11 Å². The fourth-order valence-corrected chi connectivity index (χ4v) is 5.19. The van der Waals surface area contributed by atoms with Gasteiger partial charge < -0.3 is 23.3 Å². The second-order valence-electron chi connectivity index (χ2n) is 6.48. The first-order chi connectivity index (χ1) is 15.3. The first kappa shape index (κ1) is 27.8. The number of ether oxygens (including phenoxy) is 3. The molecule has 9 nitrogen and oxygen atoms in total. The molecule has 0 aliphatic carbocycles. The van der Waals surface area contributed by atoms with Crippen LogP contribution in [-0.2, 0) is 32.7 Å². The maximum absolute atomic E-state index is 13.8. The van der Waals surface area contributed by atoms with Gasteiger partial charge in [0.1, 0.15) is 5.75 Å². The molecule has 180 valence electrons. The minimum Gasteiger partial charge on any atom is -0.497 e. The summed E-state index contributed by atoms with van der Waals surface area (Å²) in [6.45, 7) is 8.09. The standard InChI is InChI=1S/C22H34NO8P/c1-8-23(9-2)19(16-12-14-17(27-5)15-13-16)18(21(24)28-6)20(22(25)29-7)32(26,30-10-3)31-11-4/h12-15,19H,8-11H2,1-7H3/b20-18+. The van der Waals surface area contributed by atoms with Gasteiger partial charge in [0.25, 0.3) is 0 Å². The van der Waals surface area contributed by atoms with Crippen molar-refractivity contribution in [2.75, 3.05) is 47.6 Å².